The highest BCUT2D eigenvalue weighted by Gasteiger charge is 2.66. The highest BCUT2D eigenvalue weighted by atomic mass is 16.6. The van der Waals surface area contributed by atoms with Crippen LogP contribution in [0.1, 0.15) is 66.2 Å². The largest absolute Gasteiger partial charge is 0.444 e. The third kappa shape index (κ3) is 4.07. The summed E-state index contributed by atoms with van der Waals surface area (Å²) in [4.78, 5) is 19.0. The number of guanidine groups is 1. The molecule has 4 unspecified atom stereocenters. The number of nitrogens with one attached hydrogen (secondary N) is 2. The predicted molar refractivity (Wildman–Crippen MR) is 113 cm³/mol. The number of fused-ring (bicyclic) bond motifs is 2. The molecular weight excluding hydrogens is 368 g/mol. The number of amides is 1. The lowest BCUT2D eigenvalue weighted by Gasteiger charge is -2.63. The van der Waals surface area contributed by atoms with Gasteiger partial charge in [-0.2, -0.15) is 0 Å². The number of rotatable bonds is 3. The molecule has 0 aromatic heterocycles. The Balaban J connectivity index is 1.36. The summed E-state index contributed by atoms with van der Waals surface area (Å²) in [6.45, 7) is 10.9. The molecule has 2 saturated heterocycles. The Hall–Kier alpha value is -1.50. The van der Waals surface area contributed by atoms with Gasteiger partial charge in [0.15, 0.2) is 5.96 Å². The average Bonchev–Trinajstić information content (AvgIpc) is 3.02. The Morgan fingerprint density at radius 1 is 1.24 bits per heavy atom. The molecule has 1 amide bonds. The Morgan fingerprint density at radius 3 is 2.69 bits per heavy atom. The van der Waals surface area contributed by atoms with E-state index in [1.54, 1.807) is 0 Å². The molecule has 7 heteroatoms. The summed E-state index contributed by atoms with van der Waals surface area (Å²) >= 11 is 0. The number of aliphatic imine (C=N–C) groups is 1. The van der Waals surface area contributed by atoms with Crippen LogP contribution in [-0.2, 0) is 9.47 Å². The first-order chi connectivity index (χ1) is 13.8. The summed E-state index contributed by atoms with van der Waals surface area (Å²) in [5.41, 5.74) is -0.137. The molecule has 4 atom stereocenters. The number of piperidine rings is 1. The smallest absolute Gasteiger partial charge is 0.410 e. The second-order valence-electron chi connectivity index (χ2n) is 10.2. The molecular formula is C22H38N4O3. The molecule has 164 valence electrons. The highest BCUT2D eigenvalue weighted by Crippen LogP contribution is 2.62. The van der Waals surface area contributed by atoms with Gasteiger partial charge < -0.3 is 25.0 Å². The van der Waals surface area contributed by atoms with Crippen molar-refractivity contribution in [2.75, 3.05) is 26.2 Å². The molecule has 2 N–H and O–H groups in total. The van der Waals surface area contributed by atoms with Crippen LogP contribution < -0.4 is 10.6 Å². The normalized spacial score (nSPS) is 33.5. The van der Waals surface area contributed by atoms with Gasteiger partial charge >= 0.3 is 6.09 Å². The summed E-state index contributed by atoms with van der Waals surface area (Å²) < 4.78 is 11.6. The van der Waals surface area contributed by atoms with E-state index in [1.807, 2.05) is 25.7 Å². The van der Waals surface area contributed by atoms with Crippen LogP contribution in [0, 0.1) is 11.3 Å². The maximum absolute atomic E-state index is 12.5. The number of hydrogen-bond donors (Lipinski definition) is 2. The fraction of sp³-hybridized carbons (Fsp3) is 0.909. The monoisotopic (exact) mass is 406 g/mol. The molecule has 0 radical (unpaired) electrons. The zero-order valence-corrected chi connectivity index (χ0v) is 18.5. The SMILES string of the molecule is CCN=C(NC1CCCN(C(=O)OC(C)(C)C)C1)NC1C2CCOC2C12CCC2. The average molecular weight is 407 g/mol. The molecule has 2 saturated carbocycles. The van der Waals surface area contributed by atoms with Gasteiger partial charge in [0, 0.05) is 49.7 Å². The lowest BCUT2D eigenvalue weighted by atomic mass is 9.46. The molecule has 4 aliphatic rings. The molecule has 29 heavy (non-hydrogen) atoms. The minimum Gasteiger partial charge on any atom is -0.444 e. The van der Waals surface area contributed by atoms with Crippen LogP contribution in [0.5, 0.6) is 0 Å². The molecule has 7 nitrogen and oxygen atoms in total. The lowest BCUT2D eigenvalue weighted by Crippen LogP contribution is -2.73. The van der Waals surface area contributed by atoms with E-state index >= 15 is 0 Å². The maximum Gasteiger partial charge on any atom is 0.410 e. The van der Waals surface area contributed by atoms with Crippen molar-refractivity contribution in [1.82, 2.24) is 15.5 Å². The van der Waals surface area contributed by atoms with Gasteiger partial charge in [-0.05, 0) is 59.8 Å². The van der Waals surface area contributed by atoms with Crippen molar-refractivity contribution in [3.63, 3.8) is 0 Å². The van der Waals surface area contributed by atoms with E-state index in [9.17, 15) is 4.79 Å². The first-order valence-electron chi connectivity index (χ1n) is 11.5. The molecule has 4 fully saturated rings. The Kier molecular flexibility index (Phi) is 5.70. The molecule has 4 rings (SSSR count). The Morgan fingerprint density at radius 2 is 2.03 bits per heavy atom. The molecule has 2 aliphatic heterocycles. The number of nitrogens with zero attached hydrogens (tertiary/aromatic N) is 2. The van der Waals surface area contributed by atoms with Crippen molar-refractivity contribution in [3.05, 3.63) is 0 Å². The topological polar surface area (TPSA) is 75.2 Å². The lowest BCUT2D eigenvalue weighted by molar-refractivity contribution is -0.171. The third-order valence-electron chi connectivity index (χ3n) is 7.06. The van der Waals surface area contributed by atoms with Crippen LogP contribution in [0.25, 0.3) is 0 Å². The van der Waals surface area contributed by atoms with Gasteiger partial charge in [-0.15, -0.1) is 0 Å². The van der Waals surface area contributed by atoms with Crippen LogP contribution in [0.3, 0.4) is 0 Å². The number of carbonyl (C=O) groups excluding carboxylic acids is 1. The Labute approximate surface area is 175 Å². The summed E-state index contributed by atoms with van der Waals surface area (Å²) in [6.07, 6.45) is 7.24. The molecule has 0 aromatic carbocycles. The quantitative estimate of drug-likeness (QED) is 0.557. The van der Waals surface area contributed by atoms with Gasteiger partial charge in [0.1, 0.15) is 5.60 Å². The van der Waals surface area contributed by atoms with E-state index in [0.717, 1.165) is 44.9 Å². The summed E-state index contributed by atoms with van der Waals surface area (Å²) in [5, 5.41) is 7.39. The van der Waals surface area contributed by atoms with Crippen molar-refractivity contribution in [1.29, 1.82) is 0 Å². The molecule has 1 spiro atoms. The first kappa shape index (κ1) is 20.8. The van der Waals surface area contributed by atoms with Gasteiger partial charge in [0.25, 0.3) is 0 Å². The molecule has 2 aliphatic carbocycles. The van der Waals surface area contributed by atoms with Crippen molar-refractivity contribution >= 4 is 12.1 Å². The second-order valence-corrected chi connectivity index (χ2v) is 10.2. The van der Waals surface area contributed by atoms with E-state index in [-0.39, 0.29) is 12.1 Å². The van der Waals surface area contributed by atoms with Gasteiger partial charge in [-0.1, -0.05) is 6.42 Å². The minimum atomic E-state index is -0.463. The molecule has 0 aromatic rings. The van der Waals surface area contributed by atoms with E-state index in [1.165, 1.54) is 19.3 Å². The first-order valence-corrected chi connectivity index (χ1v) is 11.5. The van der Waals surface area contributed by atoms with Crippen molar-refractivity contribution in [2.24, 2.45) is 16.3 Å². The summed E-state index contributed by atoms with van der Waals surface area (Å²) in [6, 6.07) is 0.661. The third-order valence-corrected chi connectivity index (χ3v) is 7.06. The van der Waals surface area contributed by atoms with Crippen LogP contribution in [-0.4, -0.2) is 67.0 Å². The Bertz CT molecular complexity index is 640. The summed E-state index contributed by atoms with van der Waals surface area (Å²) in [7, 11) is 0. The zero-order chi connectivity index (χ0) is 20.6. The predicted octanol–water partition coefficient (Wildman–Crippen LogP) is 2.90. The summed E-state index contributed by atoms with van der Waals surface area (Å²) in [5.74, 6) is 1.51. The van der Waals surface area contributed by atoms with Gasteiger partial charge in [0.05, 0.1) is 6.10 Å². The van der Waals surface area contributed by atoms with Crippen LogP contribution >= 0.6 is 0 Å². The van der Waals surface area contributed by atoms with Crippen molar-refractivity contribution in [2.45, 2.75) is 90.0 Å². The highest BCUT2D eigenvalue weighted by molar-refractivity contribution is 5.81. The van der Waals surface area contributed by atoms with Gasteiger partial charge in [-0.25, -0.2) is 4.79 Å². The fourth-order valence-electron chi connectivity index (χ4n) is 5.67. The van der Waals surface area contributed by atoms with Crippen molar-refractivity contribution in [3.8, 4) is 0 Å². The fourth-order valence-corrected chi connectivity index (χ4v) is 5.67. The van der Waals surface area contributed by atoms with Gasteiger partial charge in [-0.3, -0.25) is 4.99 Å². The molecule has 2 heterocycles. The number of carbonyl (C=O) groups is 1. The number of ether oxygens (including phenoxy) is 2. The van der Waals surface area contributed by atoms with Crippen LogP contribution in [0.4, 0.5) is 4.79 Å². The van der Waals surface area contributed by atoms with Crippen LogP contribution in [0.15, 0.2) is 4.99 Å². The minimum absolute atomic E-state index is 0.196. The van der Waals surface area contributed by atoms with E-state index in [0.29, 0.717) is 30.0 Å². The second kappa shape index (κ2) is 7.97. The van der Waals surface area contributed by atoms with Crippen LogP contribution in [0.2, 0.25) is 0 Å². The van der Waals surface area contributed by atoms with Gasteiger partial charge in [0.2, 0.25) is 0 Å². The van der Waals surface area contributed by atoms with Crippen molar-refractivity contribution < 1.29 is 14.3 Å². The number of hydrogen-bond acceptors (Lipinski definition) is 4. The maximum atomic E-state index is 12.5. The number of likely N-dealkylation sites (tertiary alicyclic amines) is 1. The van der Waals surface area contributed by atoms with E-state index < -0.39 is 5.60 Å². The molecule has 0 bridgehead atoms. The zero-order valence-electron chi connectivity index (χ0n) is 18.5. The standard InChI is InChI=1S/C22H38N4O3/c1-5-23-19(25-17-16-9-13-28-18(16)22(17)10-7-11-22)24-15-8-6-12-26(14-15)20(27)29-21(2,3)4/h15-18H,5-14H2,1-4H3,(H2,23,24,25). The van der Waals surface area contributed by atoms with E-state index in [2.05, 4.69) is 17.6 Å². The van der Waals surface area contributed by atoms with E-state index in [4.69, 9.17) is 14.5 Å².